The molecule has 1 aromatic heterocycles. The smallest absolute Gasteiger partial charge is 0.140 e. The molecule has 0 saturated heterocycles. The molecule has 0 saturated carbocycles. The number of halogens is 1. The molecule has 3 aromatic carbocycles. The van der Waals surface area contributed by atoms with Crippen molar-refractivity contribution in [2.45, 2.75) is 13.1 Å². The average Bonchev–Trinajstić information content (AvgIpc) is 2.68. The van der Waals surface area contributed by atoms with Gasteiger partial charge in [0.1, 0.15) is 12.1 Å². The van der Waals surface area contributed by atoms with Crippen LogP contribution >= 0.6 is 15.9 Å². The summed E-state index contributed by atoms with van der Waals surface area (Å²) in [5, 5.41) is 1.05. The SMILES string of the molecule is Brc1ccc2ncnc(N(Cc3ccccc3)Cc3ccccc3)c2c1. The molecule has 128 valence electrons. The summed E-state index contributed by atoms with van der Waals surface area (Å²) in [6, 6.07) is 27.1. The fourth-order valence-electron chi connectivity index (χ4n) is 3.08. The summed E-state index contributed by atoms with van der Waals surface area (Å²) < 4.78 is 1.03. The number of fused-ring (bicyclic) bond motifs is 1. The normalized spacial score (nSPS) is 10.8. The van der Waals surface area contributed by atoms with Crippen LogP contribution in [0.5, 0.6) is 0 Å². The van der Waals surface area contributed by atoms with Gasteiger partial charge in [-0.2, -0.15) is 0 Å². The van der Waals surface area contributed by atoms with E-state index >= 15 is 0 Å². The Kier molecular flexibility index (Phi) is 4.93. The molecule has 0 bridgehead atoms. The van der Waals surface area contributed by atoms with Crippen molar-refractivity contribution in [3.8, 4) is 0 Å². The van der Waals surface area contributed by atoms with Gasteiger partial charge in [-0.1, -0.05) is 76.6 Å². The minimum Gasteiger partial charge on any atom is -0.347 e. The van der Waals surface area contributed by atoms with Crippen LogP contribution in [-0.4, -0.2) is 9.97 Å². The highest BCUT2D eigenvalue weighted by atomic mass is 79.9. The van der Waals surface area contributed by atoms with E-state index in [2.05, 4.69) is 85.4 Å². The molecule has 0 radical (unpaired) electrons. The molecule has 3 nitrogen and oxygen atoms in total. The van der Waals surface area contributed by atoms with Gasteiger partial charge >= 0.3 is 0 Å². The minimum atomic E-state index is 0.786. The lowest BCUT2D eigenvalue weighted by Gasteiger charge is -2.25. The summed E-state index contributed by atoms with van der Waals surface area (Å²) in [4.78, 5) is 11.4. The van der Waals surface area contributed by atoms with E-state index in [1.54, 1.807) is 6.33 Å². The van der Waals surface area contributed by atoms with E-state index in [0.717, 1.165) is 34.3 Å². The number of hydrogen-bond acceptors (Lipinski definition) is 3. The highest BCUT2D eigenvalue weighted by Crippen LogP contribution is 2.28. The van der Waals surface area contributed by atoms with Crippen LogP contribution in [0.25, 0.3) is 10.9 Å². The van der Waals surface area contributed by atoms with Gasteiger partial charge in [0.05, 0.1) is 5.52 Å². The topological polar surface area (TPSA) is 29.0 Å². The van der Waals surface area contributed by atoms with Crippen LogP contribution in [-0.2, 0) is 13.1 Å². The Morgan fingerprint density at radius 1 is 0.731 bits per heavy atom. The van der Waals surface area contributed by atoms with Crippen molar-refractivity contribution >= 4 is 32.7 Å². The first kappa shape index (κ1) is 16.7. The lowest BCUT2D eigenvalue weighted by atomic mass is 10.1. The second-order valence-corrected chi connectivity index (χ2v) is 7.10. The highest BCUT2D eigenvalue weighted by Gasteiger charge is 2.14. The molecule has 4 rings (SSSR count). The summed E-state index contributed by atoms with van der Waals surface area (Å²) in [5.74, 6) is 0.948. The fraction of sp³-hybridized carbons (Fsp3) is 0.0909. The van der Waals surface area contributed by atoms with Crippen molar-refractivity contribution in [2.24, 2.45) is 0 Å². The maximum absolute atomic E-state index is 4.63. The lowest BCUT2D eigenvalue weighted by Crippen LogP contribution is -2.23. The van der Waals surface area contributed by atoms with E-state index in [1.807, 2.05) is 24.3 Å². The maximum Gasteiger partial charge on any atom is 0.140 e. The van der Waals surface area contributed by atoms with Gasteiger partial charge in [-0.25, -0.2) is 9.97 Å². The first-order valence-electron chi connectivity index (χ1n) is 8.53. The molecule has 0 aliphatic rings. The fourth-order valence-corrected chi connectivity index (χ4v) is 3.44. The predicted octanol–water partition coefficient (Wildman–Crippen LogP) is 5.60. The van der Waals surface area contributed by atoms with Gasteiger partial charge in [-0.15, -0.1) is 0 Å². The second-order valence-electron chi connectivity index (χ2n) is 6.19. The van der Waals surface area contributed by atoms with Crippen LogP contribution in [0.1, 0.15) is 11.1 Å². The molecule has 4 aromatic rings. The van der Waals surface area contributed by atoms with E-state index in [4.69, 9.17) is 0 Å². The standard InChI is InChI=1S/C22H18BrN3/c23-19-11-12-21-20(13-19)22(25-16-24-21)26(14-17-7-3-1-4-8-17)15-18-9-5-2-6-10-18/h1-13,16H,14-15H2. The van der Waals surface area contributed by atoms with Gasteiger partial charge in [0.2, 0.25) is 0 Å². The van der Waals surface area contributed by atoms with E-state index in [0.29, 0.717) is 0 Å². The van der Waals surface area contributed by atoms with E-state index in [9.17, 15) is 0 Å². The molecule has 0 N–H and O–H groups in total. The summed E-state index contributed by atoms with van der Waals surface area (Å²) in [6.45, 7) is 1.57. The highest BCUT2D eigenvalue weighted by molar-refractivity contribution is 9.10. The Morgan fingerprint density at radius 3 is 1.96 bits per heavy atom. The average molecular weight is 404 g/mol. The Morgan fingerprint density at radius 2 is 1.35 bits per heavy atom. The Bertz CT molecular complexity index is 962. The van der Waals surface area contributed by atoms with Gasteiger partial charge in [-0.3, -0.25) is 0 Å². The monoisotopic (exact) mass is 403 g/mol. The van der Waals surface area contributed by atoms with Crippen LogP contribution < -0.4 is 4.90 Å². The molecular formula is C22H18BrN3. The zero-order valence-corrected chi connectivity index (χ0v) is 15.8. The molecule has 4 heteroatoms. The summed E-state index contributed by atoms with van der Waals surface area (Å²) in [7, 11) is 0. The van der Waals surface area contributed by atoms with Crippen molar-refractivity contribution < 1.29 is 0 Å². The number of nitrogens with zero attached hydrogens (tertiary/aromatic N) is 3. The minimum absolute atomic E-state index is 0.786. The number of hydrogen-bond donors (Lipinski definition) is 0. The Balaban J connectivity index is 1.78. The molecule has 0 spiro atoms. The number of aromatic nitrogens is 2. The second kappa shape index (κ2) is 7.67. The summed E-state index contributed by atoms with van der Waals surface area (Å²) in [6.07, 6.45) is 1.65. The van der Waals surface area contributed by atoms with E-state index in [1.165, 1.54) is 11.1 Å². The van der Waals surface area contributed by atoms with Crippen molar-refractivity contribution in [2.75, 3.05) is 4.90 Å². The molecule has 26 heavy (non-hydrogen) atoms. The first-order chi connectivity index (χ1) is 12.8. The summed E-state index contributed by atoms with van der Waals surface area (Å²) >= 11 is 3.58. The molecule has 0 amide bonds. The van der Waals surface area contributed by atoms with Crippen molar-refractivity contribution in [1.82, 2.24) is 9.97 Å². The molecular weight excluding hydrogens is 386 g/mol. The van der Waals surface area contributed by atoms with Crippen molar-refractivity contribution in [1.29, 1.82) is 0 Å². The van der Waals surface area contributed by atoms with Gasteiger partial charge < -0.3 is 4.90 Å². The van der Waals surface area contributed by atoms with Gasteiger partial charge in [0.25, 0.3) is 0 Å². The molecule has 0 unspecified atom stereocenters. The van der Waals surface area contributed by atoms with Gasteiger partial charge in [-0.05, 0) is 29.3 Å². The van der Waals surface area contributed by atoms with Gasteiger partial charge in [0, 0.05) is 22.9 Å². The number of rotatable bonds is 5. The molecule has 0 atom stereocenters. The third-order valence-electron chi connectivity index (χ3n) is 4.31. The van der Waals surface area contributed by atoms with E-state index in [-0.39, 0.29) is 0 Å². The predicted molar refractivity (Wildman–Crippen MR) is 110 cm³/mol. The number of anilines is 1. The zero-order valence-electron chi connectivity index (χ0n) is 14.2. The molecule has 1 heterocycles. The molecule has 0 fully saturated rings. The zero-order chi connectivity index (χ0) is 17.8. The third kappa shape index (κ3) is 3.75. The van der Waals surface area contributed by atoms with Crippen LogP contribution in [0.4, 0.5) is 5.82 Å². The summed E-state index contributed by atoms with van der Waals surface area (Å²) in [5.41, 5.74) is 3.46. The van der Waals surface area contributed by atoms with E-state index < -0.39 is 0 Å². The first-order valence-corrected chi connectivity index (χ1v) is 9.32. The molecule has 0 aliphatic heterocycles. The van der Waals surface area contributed by atoms with Crippen molar-refractivity contribution in [3.05, 3.63) is 101 Å². The van der Waals surface area contributed by atoms with Crippen LogP contribution in [0, 0.1) is 0 Å². The van der Waals surface area contributed by atoms with Crippen molar-refractivity contribution in [3.63, 3.8) is 0 Å². The van der Waals surface area contributed by atoms with Crippen LogP contribution in [0.2, 0.25) is 0 Å². The third-order valence-corrected chi connectivity index (χ3v) is 4.80. The lowest BCUT2D eigenvalue weighted by molar-refractivity contribution is 0.786. The largest absolute Gasteiger partial charge is 0.347 e. The van der Waals surface area contributed by atoms with Crippen LogP contribution in [0.3, 0.4) is 0 Å². The Labute approximate surface area is 161 Å². The van der Waals surface area contributed by atoms with Crippen LogP contribution in [0.15, 0.2) is 89.7 Å². The maximum atomic E-state index is 4.63. The molecule has 0 aliphatic carbocycles. The quantitative estimate of drug-likeness (QED) is 0.434. The number of benzene rings is 3. The Hall–Kier alpha value is -2.72. The van der Waals surface area contributed by atoms with Gasteiger partial charge in [0.15, 0.2) is 0 Å².